The Balaban J connectivity index is -0.0000000720. The van der Waals surface area contributed by atoms with Crippen LogP contribution in [0, 0.1) is 0 Å². The number of hydrogen-bond acceptors (Lipinski definition) is 12. The fourth-order valence-corrected chi connectivity index (χ4v) is 5.17. The molecule has 43 heavy (non-hydrogen) atoms. The molecule has 19 heteroatoms. The monoisotopic (exact) mass is 818 g/mol. The zero-order chi connectivity index (χ0) is 34.2. The van der Waals surface area contributed by atoms with Gasteiger partial charge in [-0.25, -0.2) is 0 Å². The van der Waals surface area contributed by atoms with Crippen LogP contribution in [0.1, 0.15) is 119 Å². The van der Waals surface area contributed by atoms with E-state index in [-0.39, 0.29) is 21.1 Å². The SMILES string of the molecule is CCCC[P+](=O)[O-].CCCC[P+](=O)[O-].CCCC[P+](=O)[O-].CCCC[P+](=O)[O-].CCCC[P+](=O)[O-].CCCC[P+](=O)[O-].[Mo]. The fraction of sp³-hybridized carbons (Fsp3) is 1.00. The Morgan fingerprint density at radius 3 is 0.419 bits per heavy atom. The summed E-state index contributed by atoms with van der Waals surface area (Å²) in [7, 11) is -12.6. The van der Waals surface area contributed by atoms with E-state index in [0.29, 0.717) is 37.0 Å². The molecule has 0 N–H and O–H groups in total. The van der Waals surface area contributed by atoms with Crippen LogP contribution in [0.4, 0.5) is 0 Å². The fourth-order valence-electron chi connectivity index (χ4n) is 1.72. The van der Waals surface area contributed by atoms with Gasteiger partial charge in [0.15, 0.2) is 0 Å². The van der Waals surface area contributed by atoms with Crippen LogP contribution in [0.2, 0.25) is 0 Å². The number of hydrogen-bond donors (Lipinski definition) is 0. The molecule has 0 aromatic rings. The van der Waals surface area contributed by atoms with Gasteiger partial charge in [-0.05, 0) is 38.5 Å². The molecule has 0 fully saturated rings. The summed E-state index contributed by atoms with van der Waals surface area (Å²) >= 11 is 0. The molecule has 0 bridgehead atoms. The second kappa shape index (κ2) is 55.5. The van der Waals surface area contributed by atoms with Crippen LogP contribution in [-0.4, -0.2) is 37.0 Å². The molecule has 0 aliphatic rings. The van der Waals surface area contributed by atoms with Crippen molar-refractivity contribution in [3.63, 3.8) is 0 Å². The van der Waals surface area contributed by atoms with Gasteiger partial charge in [-0.1, -0.05) is 107 Å². The van der Waals surface area contributed by atoms with Crippen molar-refractivity contribution in [1.29, 1.82) is 0 Å². The minimum Gasteiger partial charge on any atom is -0.596 e. The van der Waals surface area contributed by atoms with E-state index in [1.165, 1.54) is 0 Å². The van der Waals surface area contributed by atoms with Crippen LogP contribution < -0.4 is 29.4 Å². The van der Waals surface area contributed by atoms with Crippen molar-refractivity contribution in [2.45, 2.75) is 119 Å². The first-order valence-corrected chi connectivity index (χ1v) is 22.5. The smallest absolute Gasteiger partial charge is 0.308 e. The van der Waals surface area contributed by atoms with E-state index in [0.717, 1.165) is 77.0 Å². The first kappa shape index (κ1) is 59.5. The zero-order valence-electron chi connectivity index (χ0n) is 26.7. The molecule has 0 aliphatic carbocycles. The van der Waals surface area contributed by atoms with Crippen LogP contribution in [0.25, 0.3) is 0 Å². The molecule has 258 valence electrons. The van der Waals surface area contributed by atoms with Crippen molar-refractivity contribution in [1.82, 2.24) is 0 Å². The van der Waals surface area contributed by atoms with Crippen LogP contribution in [0.5, 0.6) is 0 Å². The third kappa shape index (κ3) is 116. The summed E-state index contributed by atoms with van der Waals surface area (Å²) in [6.45, 7) is 11.8. The Bertz CT molecular complexity index is 523. The molecule has 12 nitrogen and oxygen atoms in total. The van der Waals surface area contributed by atoms with E-state index in [1.54, 1.807) is 0 Å². The summed E-state index contributed by atoms with van der Waals surface area (Å²) < 4.78 is 58.8. The van der Waals surface area contributed by atoms with E-state index in [2.05, 4.69) is 0 Å². The molecule has 0 aliphatic heterocycles. The molecule has 0 aromatic carbocycles. The predicted molar refractivity (Wildman–Crippen MR) is 164 cm³/mol. The quantitative estimate of drug-likeness (QED) is 0.126. The van der Waals surface area contributed by atoms with E-state index >= 15 is 0 Å². The van der Waals surface area contributed by atoms with Gasteiger partial charge in [-0.2, -0.15) is 0 Å². The van der Waals surface area contributed by atoms with Gasteiger partial charge in [0.2, 0.25) is 0 Å². The summed E-state index contributed by atoms with van der Waals surface area (Å²) in [5.74, 6) is 0. The van der Waals surface area contributed by atoms with Crippen LogP contribution in [-0.2, 0) is 48.5 Å². The molecular formula is C24H54MoO12P6. The Labute approximate surface area is 280 Å². The Morgan fingerprint density at radius 2 is 0.395 bits per heavy atom. The van der Waals surface area contributed by atoms with Crippen LogP contribution in [0.15, 0.2) is 0 Å². The molecule has 0 heterocycles. The van der Waals surface area contributed by atoms with Crippen molar-refractivity contribution < 1.29 is 77.8 Å². The summed E-state index contributed by atoms with van der Waals surface area (Å²) in [5, 5.41) is 0. The first-order chi connectivity index (χ1) is 19.6. The van der Waals surface area contributed by atoms with Crippen LogP contribution >= 0.6 is 48.2 Å². The Kier molecular flexibility index (Phi) is 76.7. The second-order valence-electron chi connectivity index (χ2n) is 8.46. The topological polar surface area (TPSA) is 241 Å². The van der Waals surface area contributed by atoms with Gasteiger partial charge in [-0.15, -0.1) is 0 Å². The van der Waals surface area contributed by atoms with Gasteiger partial charge < -0.3 is 29.4 Å². The van der Waals surface area contributed by atoms with Gasteiger partial charge in [0.05, 0.1) is 0 Å². The maximum Gasteiger partial charge on any atom is 0.308 e. The molecule has 0 radical (unpaired) electrons. The minimum atomic E-state index is -2.11. The van der Waals surface area contributed by atoms with E-state index in [9.17, 15) is 56.8 Å². The predicted octanol–water partition coefficient (Wildman–Crippen LogP) is 5.33. The zero-order valence-corrected chi connectivity index (χ0v) is 34.1. The number of unbranched alkanes of at least 4 members (excludes halogenated alkanes) is 6. The molecule has 6 unspecified atom stereocenters. The molecule has 0 saturated heterocycles. The Morgan fingerprint density at radius 1 is 0.302 bits per heavy atom. The first-order valence-electron chi connectivity index (χ1n) is 14.3. The third-order valence-electron chi connectivity index (χ3n) is 4.17. The maximum atomic E-state index is 9.80. The number of rotatable bonds is 18. The van der Waals surface area contributed by atoms with Gasteiger partial charge in [0.25, 0.3) is 0 Å². The average molecular weight is 816 g/mol. The van der Waals surface area contributed by atoms with Crippen molar-refractivity contribution in [3.05, 3.63) is 0 Å². The van der Waals surface area contributed by atoms with E-state index in [4.69, 9.17) is 0 Å². The molecule has 6 atom stereocenters. The minimum absolute atomic E-state index is 0. The van der Waals surface area contributed by atoms with E-state index in [1.807, 2.05) is 41.5 Å². The standard InChI is InChI=1S/6C4H9O2P.Mo/c6*1-2-3-4-7(5)6;/h6*2-4H2,1H3;. The Hall–Kier alpha value is 1.05. The molecular weight excluding hydrogens is 762 g/mol. The van der Waals surface area contributed by atoms with Crippen molar-refractivity contribution in [2.75, 3.05) is 37.0 Å². The molecule has 0 amide bonds. The van der Waals surface area contributed by atoms with Gasteiger partial charge in [-0.3, -0.25) is 0 Å². The molecule has 0 aromatic heterocycles. The average Bonchev–Trinajstić information content (AvgIpc) is 2.91. The maximum absolute atomic E-state index is 9.80. The molecule has 0 rings (SSSR count). The van der Waals surface area contributed by atoms with Crippen molar-refractivity contribution in [2.24, 2.45) is 0 Å². The summed E-state index contributed by atoms with van der Waals surface area (Å²) in [6, 6.07) is 0. The second-order valence-corrected chi connectivity index (χ2v) is 15.1. The van der Waals surface area contributed by atoms with Gasteiger partial charge in [0.1, 0.15) is 37.0 Å². The van der Waals surface area contributed by atoms with Gasteiger partial charge >= 0.3 is 48.2 Å². The normalized spacial score (nSPS) is 11.2. The molecule has 0 saturated carbocycles. The molecule has 0 spiro atoms. The summed E-state index contributed by atoms with van der Waals surface area (Å²) in [4.78, 5) is 58.8. The van der Waals surface area contributed by atoms with E-state index < -0.39 is 48.2 Å². The van der Waals surface area contributed by atoms with Crippen LogP contribution in [0.3, 0.4) is 0 Å². The summed E-state index contributed by atoms with van der Waals surface area (Å²) in [6.07, 6.45) is 12.7. The van der Waals surface area contributed by atoms with Gasteiger partial charge in [0, 0.05) is 21.1 Å². The van der Waals surface area contributed by atoms with Crippen molar-refractivity contribution in [3.8, 4) is 0 Å². The van der Waals surface area contributed by atoms with Crippen molar-refractivity contribution >= 4 is 48.2 Å². The summed E-state index contributed by atoms with van der Waals surface area (Å²) in [5.41, 5.74) is 0. The largest absolute Gasteiger partial charge is 0.596 e. The third-order valence-corrected chi connectivity index (χ3v) is 8.25.